The normalized spacial score (nSPS) is 24.9. The van der Waals surface area contributed by atoms with Crippen LogP contribution < -0.4 is 4.74 Å². The van der Waals surface area contributed by atoms with Crippen molar-refractivity contribution in [1.82, 2.24) is 0 Å². The molecule has 0 fully saturated rings. The van der Waals surface area contributed by atoms with E-state index >= 15 is 0 Å². The number of hydrogen-bond donors (Lipinski definition) is 0. The van der Waals surface area contributed by atoms with E-state index < -0.39 is 11.7 Å². The molecule has 0 bridgehead atoms. The number of benzene rings is 2. The SMILES string of the molecule is O=C1c2cc(Cl)ccc2OC2(/C=C/c3ccccc3)CC=COC12. The van der Waals surface area contributed by atoms with Crippen LogP contribution in [0.1, 0.15) is 22.3 Å². The monoisotopic (exact) mass is 338 g/mol. The topological polar surface area (TPSA) is 35.5 Å². The van der Waals surface area contributed by atoms with E-state index in [-0.39, 0.29) is 5.78 Å². The number of carbonyl (C=O) groups excluding carboxylic acids is 1. The van der Waals surface area contributed by atoms with E-state index in [2.05, 4.69) is 0 Å². The van der Waals surface area contributed by atoms with Crippen LogP contribution in [-0.4, -0.2) is 17.5 Å². The summed E-state index contributed by atoms with van der Waals surface area (Å²) >= 11 is 6.02. The molecule has 0 amide bonds. The fourth-order valence-corrected chi connectivity index (χ4v) is 3.26. The molecule has 0 saturated carbocycles. The Morgan fingerprint density at radius 2 is 2.00 bits per heavy atom. The molecule has 0 saturated heterocycles. The highest BCUT2D eigenvalue weighted by Gasteiger charge is 2.50. The number of rotatable bonds is 2. The number of ketones is 1. The minimum Gasteiger partial charge on any atom is -0.486 e. The number of halogens is 1. The molecular weight excluding hydrogens is 324 g/mol. The van der Waals surface area contributed by atoms with Gasteiger partial charge in [-0.15, -0.1) is 0 Å². The highest BCUT2D eigenvalue weighted by molar-refractivity contribution is 6.31. The molecule has 0 N–H and O–H groups in total. The first-order valence-electron chi connectivity index (χ1n) is 7.75. The molecule has 4 rings (SSSR count). The smallest absolute Gasteiger partial charge is 0.211 e. The van der Waals surface area contributed by atoms with E-state index in [0.29, 0.717) is 22.8 Å². The van der Waals surface area contributed by atoms with Gasteiger partial charge in [0, 0.05) is 11.4 Å². The van der Waals surface area contributed by atoms with Crippen LogP contribution in [0.4, 0.5) is 0 Å². The molecule has 3 nitrogen and oxygen atoms in total. The number of ether oxygens (including phenoxy) is 2. The quantitative estimate of drug-likeness (QED) is 0.798. The van der Waals surface area contributed by atoms with Crippen LogP contribution in [0.15, 0.2) is 66.9 Å². The van der Waals surface area contributed by atoms with Gasteiger partial charge < -0.3 is 9.47 Å². The molecule has 2 unspecified atom stereocenters. The van der Waals surface area contributed by atoms with Gasteiger partial charge in [0.15, 0.2) is 5.60 Å². The van der Waals surface area contributed by atoms with Crippen LogP contribution in [-0.2, 0) is 4.74 Å². The van der Waals surface area contributed by atoms with Gasteiger partial charge in [-0.05, 0) is 35.9 Å². The van der Waals surface area contributed by atoms with Gasteiger partial charge in [-0.2, -0.15) is 0 Å². The molecule has 0 radical (unpaired) electrons. The third kappa shape index (κ3) is 2.51. The molecule has 2 atom stereocenters. The van der Waals surface area contributed by atoms with Crippen molar-refractivity contribution in [3.8, 4) is 5.75 Å². The van der Waals surface area contributed by atoms with Crippen molar-refractivity contribution in [1.29, 1.82) is 0 Å². The second kappa shape index (κ2) is 5.84. The molecule has 2 aliphatic heterocycles. The third-order valence-corrected chi connectivity index (χ3v) is 4.53. The van der Waals surface area contributed by atoms with Crippen LogP contribution >= 0.6 is 11.6 Å². The Bertz CT molecular complexity index is 841. The van der Waals surface area contributed by atoms with Gasteiger partial charge >= 0.3 is 0 Å². The average Bonchev–Trinajstić information content (AvgIpc) is 2.62. The Morgan fingerprint density at radius 1 is 1.17 bits per heavy atom. The lowest BCUT2D eigenvalue weighted by Gasteiger charge is -2.42. The van der Waals surface area contributed by atoms with Crippen LogP contribution in [0.25, 0.3) is 6.08 Å². The van der Waals surface area contributed by atoms with Gasteiger partial charge in [0.25, 0.3) is 0 Å². The van der Waals surface area contributed by atoms with Gasteiger partial charge in [0.2, 0.25) is 11.9 Å². The Labute approximate surface area is 145 Å². The molecular formula is C20H15ClO3. The lowest BCUT2D eigenvalue weighted by atomic mass is 9.82. The van der Waals surface area contributed by atoms with Crippen molar-refractivity contribution < 1.29 is 14.3 Å². The lowest BCUT2D eigenvalue weighted by Crippen LogP contribution is -2.55. The molecule has 24 heavy (non-hydrogen) atoms. The Morgan fingerprint density at radius 3 is 2.83 bits per heavy atom. The van der Waals surface area contributed by atoms with Crippen molar-refractivity contribution in [2.75, 3.05) is 0 Å². The molecule has 120 valence electrons. The zero-order chi connectivity index (χ0) is 16.6. The number of hydrogen-bond acceptors (Lipinski definition) is 3. The molecule has 0 spiro atoms. The van der Waals surface area contributed by atoms with Crippen LogP contribution in [0.5, 0.6) is 5.75 Å². The molecule has 2 heterocycles. The third-order valence-electron chi connectivity index (χ3n) is 4.29. The predicted molar refractivity (Wildman–Crippen MR) is 93.2 cm³/mol. The minimum atomic E-state index is -0.845. The summed E-state index contributed by atoms with van der Waals surface area (Å²) in [5.41, 5.74) is 0.660. The van der Waals surface area contributed by atoms with Crippen LogP contribution in [0, 0.1) is 0 Å². The van der Waals surface area contributed by atoms with Gasteiger partial charge in [0.05, 0.1) is 11.8 Å². The van der Waals surface area contributed by atoms with Crippen LogP contribution in [0.3, 0.4) is 0 Å². The highest BCUT2D eigenvalue weighted by atomic mass is 35.5. The second-order valence-electron chi connectivity index (χ2n) is 5.90. The predicted octanol–water partition coefficient (Wildman–Crippen LogP) is 4.67. The summed E-state index contributed by atoms with van der Waals surface area (Å²) in [4.78, 5) is 12.9. The van der Waals surface area contributed by atoms with Gasteiger partial charge in [-0.25, -0.2) is 0 Å². The summed E-state index contributed by atoms with van der Waals surface area (Å²) in [5.74, 6) is 0.429. The standard InChI is InChI=1S/C20H15ClO3/c21-15-7-8-17-16(13-15)18(22)19-20(24-17,10-4-12-23-19)11-9-14-5-2-1-3-6-14/h1-9,11-13,19H,10H2/b11-9+. The second-order valence-corrected chi connectivity index (χ2v) is 6.33. The van der Waals surface area contributed by atoms with Gasteiger partial charge in [-0.3, -0.25) is 4.79 Å². The first-order chi connectivity index (χ1) is 11.7. The first kappa shape index (κ1) is 15.0. The average molecular weight is 339 g/mol. The number of carbonyl (C=O) groups is 1. The number of Topliss-reactive ketones (excluding diaryl/α,β-unsaturated/α-hetero) is 1. The fourth-order valence-electron chi connectivity index (χ4n) is 3.09. The molecule has 2 aromatic carbocycles. The Kier molecular flexibility index (Phi) is 3.66. The molecule has 4 heteroatoms. The summed E-state index contributed by atoms with van der Waals surface area (Å²) in [6.45, 7) is 0. The summed E-state index contributed by atoms with van der Waals surface area (Å²) < 4.78 is 11.9. The van der Waals surface area contributed by atoms with E-state index in [1.165, 1.54) is 0 Å². The maximum Gasteiger partial charge on any atom is 0.211 e. The highest BCUT2D eigenvalue weighted by Crippen LogP contribution is 2.41. The number of fused-ring (bicyclic) bond motifs is 2. The molecule has 2 aromatic rings. The van der Waals surface area contributed by atoms with E-state index in [1.807, 2.05) is 48.6 Å². The van der Waals surface area contributed by atoms with Crippen molar-refractivity contribution in [2.24, 2.45) is 0 Å². The molecule has 2 aliphatic rings. The zero-order valence-corrected chi connectivity index (χ0v) is 13.6. The lowest BCUT2D eigenvalue weighted by molar-refractivity contribution is -0.0323. The van der Waals surface area contributed by atoms with Crippen molar-refractivity contribution >= 4 is 23.5 Å². The Balaban J connectivity index is 1.77. The first-order valence-corrected chi connectivity index (χ1v) is 8.13. The summed E-state index contributed by atoms with van der Waals surface area (Å²) in [6.07, 6.45) is 7.18. The maximum absolute atomic E-state index is 12.9. The van der Waals surface area contributed by atoms with Crippen LogP contribution in [0.2, 0.25) is 5.02 Å². The van der Waals surface area contributed by atoms with Crippen molar-refractivity contribution in [3.63, 3.8) is 0 Å². The maximum atomic E-state index is 12.9. The van der Waals surface area contributed by atoms with Crippen molar-refractivity contribution in [2.45, 2.75) is 18.1 Å². The molecule has 0 aliphatic carbocycles. The summed E-state index contributed by atoms with van der Waals surface area (Å²) in [6, 6.07) is 15.0. The summed E-state index contributed by atoms with van der Waals surface area (Å²) in [7, 11) is 0. The largest absolute Gasteiger partial charge is 0.486 e. The summed E-state index contributed by atoms with van der Waals surface area (Å²) in [5, 5.41) is 0.504. The van der Waals surface area contributed by atoms with Gasteiger partial charge in [-0.1, -0.05) is 48.0 Å². The minimum absolute atomic E-state index is 0.110. The van der Waals surface area contributed by atoms with Gasteiger partial charge in [0.1, 0.15) is 5.75 Å². The Hall–Kier alpha value is -2.52. The van der Waals surface area contributed by atoms with E-state index in [4.69, 9.17) is 21.1 Å². The fraction of sp³-hybridized carbons (Fsp3) is 0.150. The van der Waals surface area contributed by atoms with E-state index in [9.17, 15) is 4.79 Å². The van der Waals surface area contributed by atoms with Crippen molar-refractivity contribution in [3.05, 3.63) is 83.1 Å². The molecule has 0 aromatic heterocycles. The van der Waals surface area contributed by atoms with E-state index in [0.717, 1.165) is 5.56 Å². The van der Waals surface area contributed by atoms with E-state index in [1.54, 1.807) is 24.5 Å². The zero-order valence-electron chi connectivity index (χ0n) is 12.8.